The summed E-state index contributed by atoms with van der Waals surface area (Å²) in [7, 11) is 1.39. The number of anilines is 1. The number of thiocarbonyl (C=S) groups is 1. The summed E-state index contributed by atoms with van der Waals surface area (Å²) in [6.07, 6.45) is 3.98. The zero-order chi connectivity index (χ0) is 27.1. The van der Waals surface area contributed by atoms with Crippen LogP contribution < -0.4 is 15.4 Å². The van der Waals surface area contributed by atoms with Crippen molar-refractivity contribution < 1.29 is 14.3 Å². The van der Waals surface area contributed by atoms with E-state index in [0.717, 1.165) is 53.4 Å². The van der Waals surface area contributed by atoms with Gasteiger partial charge in [-0.1, -0.05) is 53.7 Å². The van der Waals surface area contributed by atoms with Crippen molar-refractivity contribution in [3.8, 4) is 5.75 Å². The van der Waals surface area contributed by atoms with Gasteiger partial charge in [0.2, 0.25) is 0 Å². The zero-order valence-electron chi connectivity index (χ0n) is 23.5. The number of unbranched alkanes of at least 4 members (excludes halogenated alkanes) is 1. The van der Waals surface area contributed by atoms with Crippen LogP contribution in [-0.4, -0.2) is 31.3 Å². The van der Waals surface area contributed by atoms with E-state index >= 15 is 0 Å². The average molecular weight is 533 g/mol. The summed E-state index contributed by atoms with van der Waals surface area (Å²) in [4.78, 5) is 13.2. The molecule has 0 atom stereocenters. The standard InChI is InChI=1S/C29H44N2O3S2/c1-10-28(5,6)21-14-15-23(22(18-21)29(7,8)11-2)34-17-13-12-16-30-27(35)31-25-24(26(32)33-9)19(3)20(4)36-25/h14-15,18H,10-13,16-17H2,1-9H3,(H2,30,31,35). The van der Waals surface area contributed by atoms with Crippen LogP contribution >= 0.6 is 23.6 Å². The summed E-state index contributed by atoms with van der Waals surface area (Å²) in [5.74, 6) is 0.637. The van der Waals surface area contributed by atoms with Gasteiger partial charge < -0.3 is 20.1 Å². The molecular formula is C29H44N2O3S2. The Kier molecular flexibility index (Phi) is 10.8. The van der Waals surface area contributed by atoms with Gasteiger partial charge in [0, 0.05) is 17.0 Å². The van der Waals surface area contributed by atoms with Crippen LogP contribution in [-0.2, 0) is 15.6 Å². The summed E-state index contributed by atoms with van der Waals surface area (Å²) in [5.41, 5.74) is 4.33. The quantitative estimate of drug-likeness (QED) is 0.166. The molecule has 0 saturated heterocycles. The summed E-state index contributed by atoms with van der Waals surface area (Å²) in [6, 6.07) is 6.72. The van der Waals surface area contributed by atoms with Crippen molar-refractivity contribution in [1.82, 2.24) is 5.32 Å². The Hall–Kier alpha value is -2.12. The van der Waals surface area contributed by atoms with E-state index < -0.39 is 0 Å². The second-order valence-corrected chi connectivity index (χ2v) is 12.2. The van der Waals surface area contributed by atoms with E-state index in [1.165, 1.54) is 29.6 Å². The number of benzene rings is 1. The Morgan fingerprint density at radius 3 is 2.33 bits per heavy atom. The highest BCUT2D eigenvalue weighted by molar-refractivity contribution is 7.80. The summed E-state index contributed by atoms with van der Waals surface area (Å²) in [6.45, 7) is 18.9. The van der Waals surface area contributed by atoms with Gasteiger partial charge in [-0.05, 0) is 79.8 Å². The maximum Gasteiger partial charge on any atom is 0.341 e. The SMILES string of the molecule is CCC(C)(C)c1ccc(OCCCCNC(=S)Nc2sc(C)c(C)c2C(=O)OC)c(C(C)(C)CC)c1. The number of carbonyl (C=O) groups excluding carboxylic acids is 1. The molecule has 0 saturated carbocycles. The van der Waals surface area contributed by atoms with Crippen LogP contribution in [0.25, 0.3) is 0 Å². The van der Waals surface area contributed by atoms with Gasteiger partial charge in [0.15, 0.2) is 5.11 Å². The minimum absolute atomic E-state index is 0.0517. The van der Waals surface area contributed by atoms with Gasteiger partial charge in [-0.3, -0.25) is 0 Å². The number of aryl methyl sites for hydroxylation is 1. The molecule has 7 heteroatoms. The van der Waals surface area contributed by atoms with Crippen LogP contribution in [0.15, 0.2) is 18.2 Å². The van der Waals surface area contributed by atoms with Gasteiger partial charge in [-0.15, -0.1) is 11.3 Å². The number of nitrogens with one attached hydrogen (secondary N) is 2. The molecule has 0 unspecified atom stereocenters. The lowest BCUT2D eigenvalue weighted by Crippen LogP contribution is -2.29. The predicted octanol–water partition coefficient (Wildman–Crippen LogP) is 7.67. The van der Waals surface area contributed by atoms with E-state index in [4.69, 9.17) is 21.7 Å². The third-order valence-electron chi connectivity index (χ3n) is 7.37. The Morgan fingerprint density at radius 2 is 1.72 bits per heavy atom. The van der Waals surface area contributed by atoms with E-state index in [1.54, 1.807) is 0 Å². The van der Waals surface area contributed by atoms with Gasteiger partial charge >= 0.3 is 5.97 Å². The number of carbonyl (C=O) groups is 1. The molecule has 1 aromatic heterocycles. The van der Waals surface area contributed by atoms with Crippen molar-refractivity contribution in [3.63, 3.8) is 0 Å². The van der Waals surface area contributed by atoms with Crippen LogP contribution in [0.2, 0.25) is 0 Å². The van der Waals surface area contributed by atoms with Crippen molar-refractivity contribution in [3.05, 3.63) is 45.3 Å². The fraction of sp³-hybridized carbons (Fsp3) is 0.586. The molecule has 200 valence electrons. The van der Waals surface area contributed by atoms with E-state index in [1.807, 2.05) is 13.8 Å². The Balaban J connectivity index is 1.90. The van der Waals surface area contributed by atoms with Gasteiger partial charge in [-0.25, -0.2) is 4.79 Å². The van der Waals surface area contributed by atoms with Crippen molar-refractivity contribution in [2.24, 2.45) is 0 Å². The van der Waals surface area contributed by atoms with E-state index in [9.17, 15) is 4.79 Å². The lowest BCUT2D eigenvalue weighted by molar-refractivity contribution is 0.0601. The molecule has 2 N–H and O–H groups in total. The van der Waals surface area contributed by atoms with Gasteiger partial charge in [-0.2, -0.15) is 0 Å². The Labute approximate surface area is 227 Å². The second kappa shape index (κ2) is 12.9. The smallest absolute Gasteiger partial charge is 0.341 e. The molecule has 0 spiro atoms. The number of esters is 1. The van der Waals surface area contributed by atoms with Crippen molar-refractivity contribution in [2.45, 2.75) is 91.9 Å². The molecule has 2 rings (SSSR count). The molecule has 0 aliphatic rings. The average Bonchev–Trinajstić information content (AvgIpc) is 3.12. The molecule has 36 heavy (non-hydrogen) atoms. The zero-order valence-corrected chi connectivity index (χ0v) is 25.1. The molecule has 5 nitrogen and oxygen atoms in total. The highest BCUT2D eigenvalue weighted by atomic mass is 32.1. The number of methoxy groups -OCH3 is 1. The first-order valence-corrected chi connectivity index (χ1v) is 14.1. The first-order chi connectivity index (χ1) is 16.9. The maximum atomic E-state index is 12.2. The van der Waals surface area contributed by atoms with Gasteiger partial charge in [0.25, 0.3) is 0 Å². The largest absolute Gasteiger partial charge is 0.493 e. The number of ether oxygens (including phenoxy) is 2. The van der Waals surface area contributed by atoms with E-state index in [0.29, 0.717) is 17.3 Å². The number of hydrogen-bond acceptors (Lipinski definition) is 5. The Bertz CT molecular complexity index is 1060. The highest BCUT2D eigenvalue weighted by Crippen LogP contribution is 2.38. The molecule has 0 radical (unpaired) electrons. The lowest BCUT2D eigenvalue weighted by atomic mass is 9.76. The first-order valence-electron chi connectivity index (χ1n) is 12.9. The summed E-state index contributed by atoms with van der Waals surface area (Å²) >= 11 is 6.96. The monoisotopic (exact) mass is 532 g/mol. The predicted molar refractivity (Wildman–Crippen MR) is 157 cm³/mol. The first kappa shape index (κ1) is 30.1. The molecule has 0 aliphatic carbocycles. The fourth-order valence-electron chi connectivity index (χ4n) is 3.82. The maximum absolute atomic E-state index is 12.2. The van der Waals surface area contributed by atoms with Gasteiger partial charge in [0.1, 0.15) is 10.8 Å². The van der Waals surface area contributed by atoms with Crippen molar-refractivity contribution in [2.75, 3.05) is 25.6 Å². The molecule has 0 aliphatic heterocycles. The third-order valence-corrected chi connectivity index (χ3v) is 8.74. The normalized spacial score (nSPS) is 11.8. The van der Waals surface area contributed by atoms with Crippen LogP contribution in [0, 0.1) is 13.8 Å². The molecule has 1 aromatic carbocycles. The van der Waals surface area contributed by atoms with Crippen molar-refractivity contribution >= 4 is 39.6 Å². The third kappa shape index (κ3) is 7.45. The van der Waals surface area contributed by atoms with Crippen LogP contribution in [0.1, 0.15) is 99.2 Å². The molecule has 2 aromatic rings. The topological polar surface area (TPSA) is 59.6 Å². The highest BCUT2D eigenvalue weighted by Gasteiger charge is 2.26. The lowest BCUT2D eigenvalue weighted by Gasteiger charge is -2.30. The number of rotatable bonds is 12. The van der Waals surface area contributed by atoms with E-state index in [-0.39, 0.29) is 16.8 Å². The summed E-state index contributed by atoms with van der Waals surface area (Å²) < 4.78 is 11.2. The van der Waals surface area contributed by atoms with Crippen LogP contribution in [0.5, 0.6) is 5.75 Å². The van der Waals surface area contributed by atoms with Crippen LogP contribution in [0.3, 0.4) is 0 Å². The molecule has 0 bridgehead atoms. The minimum atomic E-state index is -0.351. The molecule has 0 amide bonds. The van der Waals surface area contributed by atoms with Crippen LogP contribution in [0.4, 0.5) is 5.00 Å². The van der Waals surface area contributed by atoms with E-state index in [2.05, 4.69) is 70.4 Å². The number of thiophene rings is 1. The molecular weight excluding hydrogens is 488 g/mol. The number of hydrogen-bond donors (Lipinski definition) is 2. The Morgan fingerprint density at radius 1 is 1.06 bits per heavy atom. The summed E-state index contributed by atoms with van der Waals surface area (Å²) in [5, 5.41) is 7.62. The molecule has 1 heterocycles. The van der Waals surface area contributed by atoms with Gasteiger partial charge in [0.05, 0.1) is 19.3 Å². The second-order valence-electron chi connectivity index (χ2n) is 10.6. The molecule has 0 fully saturated rings. The fourth-order valence-corrected chi connectivity index (χ4v) is 5.14. The van der Waals surface area contributed by atoms with Crippen molar-refractivity contribution in [1.29, 1.82) is 0 Å². The minimum Gasteiger partial charge on any atom is -0.493 e.